The molecule has 1 N–H and O–H groups in total. The number of aryl methyl sites for hydroxylation is 2. The Bertz CT molecular complexity index is 938. The molecule has 0 aliphatic carbocycles. The molecule has 0 spiro atoms. The van der Waals surface area contributed by atoms with Crippen LogP contribution < -0.4 is 10.2 Å². The van der Waals surface area contributed by atoms with Crippen LogP contribution in [-0.4, -0.2) is 11.8 Å². The summed E-state index contributed by atoms with van der Waals surface area (Å²) in [6.07, 6.45) is 0. The van der Waals surface area contributed by atoms with Crippen molar-refractivity contribution >= 4 is 58.0 Å². The van der Waals surface area contributed by atoms with Gasteiger partial charge in [-0.05, 0) is 49.2 Å². The molecule has 1 heterocycles. The Morgan fingerprint density at radius 3 is 2.28 bits per heavy atom. The van der Waals surface area contributed by atoms with Crippen LogP contribution in [0.15, 0.2) is 47.1 Å². The number of hydrogen-bond donors (Lipinski definition) is 1. The van der Waals surface area contributed by atoms with E-state index in [1.54, 1.807) is 24.3 Å². The number of hydrogen-bond acceptors (Lipinski definition) is 3. The molecule has 0 aromatic heterocycles. The van der Waals surface area contributed by atoms with E-state index in [1.807, 2.05) is 26.0 Å². The molecule has 4 nitrogen and oxygen atoms in total. The SMILES string of the molecule is Cc1ccc(C)c(N2C(=O)C(Cl)=C(Nc3ccc(Cl)c(Cl)c3)C2=O)c1. The Morgan fingerprint density at radius 2 is 1.60 bits per heavy atom. The maximum Gasteiger partial charge on any atom is 0.283 e. The van der Waals surface area contributed by atoms with Gasteiger partial charge >= 0.3 is 0 Å². The van der Waals surface area contributed by atoms with Gasteiger partial charge in [0.1, 0.15) is 10.7 Å². The Balaban J connectivity index is 1.96. The Morgan fingerprint density at radius 1 is 0.880 bits per heavy atom. The first-order valence-electron chi connectivity index (χ1n) is 7.37. The van der Waals surface area contributed by atoms with E-state index in [-0.39, 0.29) is 10.7 Å². The van der Waals surface area contributed by atoms with Crippen molar-refractivity contribution < 1.29 is 9.59 Å². The molecule has 0 unspecified atom stereocenters. The standard InChI is InChI=1S/C18H13Cl3N2O2/c1-9-3-4-10(2)14(7-9)23-17(24)15(21)16(18(23)25)22-11-5-6-12(19)13(20)8-11/h3-8,22H,1-2H3. The molecule has 0 fully saturated rings. The second kappa shape index (κ2) is 6.71. The highest BCUT2D eigenvalue weighted by molar-refractivity contribution is 6.53. The minimum absolute atomic E-state index is 0.00552. The molecule has 2 amide bonds. The molecule has 2 aromatic carbocycles. The number of halogens is 3. The zero-order valence-corrected chi connectivity index (χ0v) is 15.6. The minimum atomic E-state index is -0.567. The smallest absolute Gasteiger partial charge is 0.283 e. The van der Waals surface area contributed by atoms with Gasteiger partial charge in [0.25, 0.3) is 11.8 Å². The zero-order chi connectivity index (χ0) is 18.3. The average molecular weight is 396 g/mol. The van der Waals surface area contributed by atoms with Crippen LogP contribution in [0.3, 0.4) is 0 Å². The fourth-order valence-corrected chi connectivity index (χ4v) is 3.02. The van der Waals surface area contributed by atoms with Crippen molar-refractivity contribution in [1.29, 1.82) is 0 Å². The summed E-state index contributed by atoms with van der Waals surface area (Å²) >= 11 is 18.0. The third kappa shape index (κ3) is 3.25. The number of benzene rings is 2. The van der Waals surface area contributed by atoms with E-state index >= 15 is 0 Å². The average Bonchev–Trinajstić information content (AvgIpc) is 2.77. The molecular weight excluding hydrogens is 383 g/mol. The van der Waals surface area contributed by atoms with Crippen LogP contribution in [-0.2, 0) is 9.59 Å². The van der Waals surface area contributed by atoms with Crippen molar-refractivity contribution in [3.05, 3.63) is 68.3 Å². The van der Waals surface area contributed by atoms with Gasteiger partial charge < -0.3 is 5.32 Å². The van der Waals surface area contributed by atoms with Crippen molar-refractivity contribution in [3.63, 3.8) is 0 Å². The number of carbonyl (C=O) groups is 2. The van der Waals surface area contributed by atoms with Crippen LogP contribution in [0.25, 0.3) is 0 Å². The van der Waals surface area contributed by atoms with Crippen LogP contribution in [0.1, 0.15) is 11.1 Å². The predicted octanol–water partition coefficient (Wildman–Crippen LogP) is 5.05. The van der Waals surface area contributed by atoms with E-state index in [2.05, 4.69) is 5.32 Å². The maximum atomic E-state index is 12.8. The van der Waals surface area contributed by atoms with Crippen LogP contribution in [0.4, 0.5) is 11.4 Å². The highest BCUT2D eigenvalue weighted by Crippen LogP contribution is 2.33. The van der Waals surface area contributed by atoms with Crippen molar-refractivity contribution in [3.8, 4) is 0 Å². The van der Waals surface area contributed by atoms with Crippen LogP contribution in [0.2, 0.25) is 10.0 Å². The van der Waals surface area contributed by atoms with Crippen LogP contribution in [0, 0.1) is 13.8 Å². The van der Waals surface area contributed by atoms with Gasteiger partial charge in [-0.15, -0.1) is 0 Å². The van der Waals surface area contributed by atoms with Crippen molar-refractivity contribution in [2.75, 3.05) is 10.2 Å². The molecule has 2 aromatic rings. The van der Waals surface area contributed by atoms with E-state index in [1.165, 1.54) is 0 Å². The van der Waals surface area contributed by atoms with Gasteiger partial charge in [-0.1, -0.05) is 46.9 Å². The van der Waals surface area contributed by atoms with E-state index in [4.69, 9.17) is 34.8 Å². The summed E-state index contributed by atoms with van der Waals surface area (Å²) in [5.74, 6) is -1.09. The number of nitrogens with one attached hydrogen (secondary N) is 1. The third-order valence-electron chi connectivity index (χ3n) is 3.82. The number of imide groups is 1. The first kappa shape index (κ1) is 17.8. The molecule has 3 rings (SSSR count). The number of anilines is 2. The van der Waals surface area contributed by atoms with E-state index in [9.17, 15) is 9.59 Å². The number of carbonyl (C=O) groups excluding carboxylic acids is 2. The van der Waals surface area contributed by atoms with Gasteiger partial charge in [-0.2, -0.15) is 0 Å². The zero-order valence-electron chi connectivity index (χ0n) is 13.4. The highest BCUT2D eigenvalue weighted by atomic mass is 35.5. The molecule has 0 bridgehead atoms. The van der Waals surface area contributed by atoms with Gasteiger partial charge in [-0.3, -0.25) is 9.59 Å². The van der Waals surface area contributed by atoms with Gasteiger partial charge in [0.2, 0.25) is 0 Å². The molecule has 0 atom stereocenters. The lowest BCUT2D eigenvalue weighted by Crippen LogP contribution is -2.32. The lowest BCUT2D eigenvalue weighted by molar-refractivity contribution is -0.120. The van der Waals surface area contributed by atoms with Crippen molar-refractivity contribution in [1.82, 2.24) is 0 Å². The van der Waals surface area contributed by atoms with E-state index < -0.39 is 11.8 Å². The van der Waals surface area contributed by atoms with Gasteiger partial charge in [0.15, 0.2) is 0 Å². The third-order valence-corrected chi connectivity index (χ3v) is 4.91. The lowest BCUT2D eigenvalue weighted by Gasteiger charge is -2.18. The second-order valence-corrected chi connectivity index (χ2v) is 6.87. The molecule has 25 heavy (non-hydrogen) atoms. The Kier molecular flexibility index (Phi) is 4.78. The Labute approximate surface area is 160 Å². The quantitative estimate of drug-likeness (QED) is 0.740. The summed E-state index contributed by atoms with van der Waals surface area (Å²) in [5, 5.41) is 3.41. The largest absolute Gasteiger partial charge is 0.350 e. The fourth-order valence-electron chi connectivity index (χ4n) is 2.51. The van der Waals surface area contributed by atoms with Crippen LogP contribution >= 0.6 is 34.8 Å². The molecule has 0 saturated carbocycles. The molecular formula is C18H13Cl3N2O2. The van der Waals surface area contributed by atoms with E-state index in [0.29, 0.717) is 21.4 Å². The molecule has 0 radical (unpaired) electrons. The molecule has 7 heteroatoms. The summed E-state index contributed by atoms with van der Waals surface area (Å²) in [5.41, 5.74) is 2.76. The number of amides is 2. The first-order valence-corrected chi connectivity index (χ1v) is 8.51. The number of nitrogens with zero attached hydrogens (tertiary/aromatic N) is 1. The van der Waals surface area contributed by atoms with E-state index in [0.717, 1.165) is 16.0 Å². The maximum absolute atomic E-state index is 12.8. The molecule has 0 saturated heterocycles. The predicted molar refractivity (Wildman–Crippen MR) is 101 cm³/mol. The number of rotatable bonds is 3. The second-order valence-electron chi connectivity index (χ2n) is 5.68. The van der Waals surface area contributed by atoms with Gasteiger partial charge in [0, 0.05) is 5.69 Å². The normalized spacial score (nSPS) is 14.5. The fraction of sp³-hybridized carbons (Fsp3) is 0.111. The molecule has 1 aliphatic heterocycles. The minimum Gasteiger partial charge on any atom is -0.350 e. The summed E-state index contributed by atoms with van der Waals surface area (Å²) in [6, 6.07) is 10.3. The monoisotopic (exact) mass is 394 g/mol. The van der Waals surface area contributed by atoms with Crippen molar-refractivity contribution in [2.45, 2.75) is 13.8 Å². The summed E-state index contributed by atoms with van der Waals surface area (Å²) in [7, 11) is 0. The highest BCUT2D eigenvalue weighted by Gasteiger charge is 2.39. The topological polar surface area (TPSA) is 49.4 Å². The summed E-state index contributed by atoms with van der Waals surface area (Å²) in [4.78, 5) is 26.4. The summed E-state index contributed by atoms with van der Waals surface area (Å²) < 4.78 is 0. The van der Waals surface area contributed by atoms with Gasteiger partial charge in [-0.25, -0.2) is 4.90 Å². The van der Waals surface area contributed by atoms with Crippen LogP contribution in [0.5, 0.6) is 0 Å². The lowest BCUT2D eigenvalue weighted by atomic mass is 10.1. The first-order chi connectivity index (χ1) is 11.8. The molecule has 1 aliphatic rings. The van der Waals surface area contributed by atoms with Gasteiger partial charge in [0.05, 0.1) is 15.7 Å². The summed E-state index contributed by atoms with van der Waals surface area (Å²) in [6.45, 7) is 3.71. The Hall–Kier alpha value is -2.01. The molecule has 128 valence electrons. The van der Waals surface area contributed by atoms with Crippen molar-refractivity contribution in [2.24, 2.45) is 0 Å².